The summed E-state index contributed by atoms with van der Waals surface area (Å²) in [6.07, 6.45) is 0.680. The number of sulfonamides is 1. The summed E-state index contributed by atoms with van der Waals surface area (Å²) in [5.74, 6) is 1.12. The van der Waals surface area contributed by atoms with Gasteiger partial charge in [-0.3, -0.25) is 4.72 Å². The van der Waals surface area contributed by atoms with E-state index in [1.54, 1.807) is 19.2 Å². The highest BCUT2D eigenvalue weighted by molar-refractivity contribution is 7.92. The Labute approximate surface area is 169 Å². The van der Waals surface area contributed by atoms with Crippen molar-refractivity contribution >= 4 is 38.9 Å². The molecule has 1 aliphatic rings. The first-order valence-electron chi connectivity index (χ1n) is 8.20. The molecule has 0 saturated heterocycles. The smallest absolute Gasteiger partial charge is 0.263 e. The third-order valence-corrected chi connectivity index (χ3v) is 6.54. The molecule has 0 radical (unpaired) electrons. The number of halogens is 2. The molecule has 0 unspecified atom stereocenters. The Morgan fingerprint density at radius 3 is 2.63 bits per heavy atom. The molecule has 0 aliphatic carbocycles. The molecule has 0 saturated carbocycles. The summed E-state index contributed by atoms with van der Waals surface area (Å²) in [5.41, 5.74) is 1.15. The zero-order valence-corrected chi connectivity index (χ0v) is 17.5. The van der Waals surface area contributed by atoms with E-state index in [4.69, 9.17) is 32.7 Å². The van der Waals surface area contributed by atoms with Gasteiger partial charge in [-0.15, -0.1) is 0 Å². The minimum absolute atomic E-state index is 0.0860. The average Bonchev–Trinajstić information content (AvgIpc) is 2.63. The number of fused-ring (bicyclic) bond motifs is 1. The van der Waals surface area contributed by atoms with E-state index in [0.29, 0.717) is 30.2 Å². The van der Waals surface area contributed by atoms with E-state index in [9.17, 15) is 8.42 Å². The number of rotatable bonds is 5. The van der Waals surface area contributed by atoms with Crippen LogP contribution in [-0.2, 0) is 16.4 Å². The number of ether oxygens (including phenoxy) is 2. The van der Waals surface area contributed by atoms with Gasteiger partial charge in [0.2, 0.25) is 0 Å². The van der Waals surface area contributed by atoms with Crippen LogP contribution in [0.5, 0.6) is 11.5 Å². The average molecular weight is 431 g/mol. The lowest BCUT2D eigenvalue weighted by molar-refractivity contribution is 0.164. The lowest BCUT2D eigenvalue weighted by Gasteiger charge is -2.32. The van der Waals surface area contributed by atoms with Crippen LogP contribution >= 0.6 is 23.2 Å². The SMILES string of the molecule is COc1ccc(NS(=O)(=O)c2cc(Cl)ccc2Cl)c2c1C[C@@H](N(C)C)CO2. The van der Waals surface area contributed by atoms with Crippen molar-refractivity contribution in [3.8, 4) is 11.5 Å². The number of nitrogens with zero attached hydrogens (tertiary/aromatic N) is 1. The minimum Gasteiger partial charge on any atom is -0.496 e. The first-order chi connectivity index (χ1) is 12.7. The maximum Gasteiger partial charge on any atom is 0.263 e. The maximum atomic E-state index is 12.8. The molecule has 146 valence electrons. The predicted molar refractivity (Wildman–Crippen MR) is 107 cm³/mol. The minimum atomic E-state index is -3.95. The fraction of sp³-hybridized carbons (Fsp3) is 0.333. The molecule has 27 heavy (non-hydrogen) atoms. The van der Waals surface area contributed by atoms with Gasteiger partial charge in [-0.2, -0.15) is 0 Å². The lowest BCUT2D eigenvalue weighted by Crippen LogP contribution is -2.38. The van der Waals surface area contributed by atoms with Gasteiger partial charge in [-0.1, -0.05) is 23.2 Å². The molecule has 1 atom stereocenters. The fourth-order valence-corrected chi connectivity index (χ4v) is 4.75. The van der Waals surface area contributed by atoms with Gasteiger partial charge >= 0.3 is 0 Å². The zero-order chi connectivity index (χ0) is 19.8. The van der Waals surface area contributed by atoms with Crippen LogP contribution in [0.25, 0.3) is 0 Å². The maximum absolute atomic E-state index is 12.8. The normalized spacial score (nSPS) is 16.6. The molecule has 3 rings (SSSR count). The van der Waals surface area contributed by atoms with Gasteiger partial charge in [0.25, 0.3) is 10.0 Å². The Hall–Kier alpha value is -1.67. The highest BCUT2D eigenvalue weighted by Crippen LogP contribution is 2.41. The van der Waals surface area contributed by atoms with Crippen molar-refractivity contribution in [2.45, 2.75) is 17.4 Å². The van der Waals surface area contributed by atoms with Crippen molar-refractivity contribution in [3.63, 3.8) is 0 Å². The lowest BCUT2D eigenvalue weighted by atomic mass is 10.00. The highest BCUT2D eigenvalue weighted by atomic mass is 35.5. The molecule has 2 aromatic carbocycles. The number of hydrogen-bond acceptors (Lipinski definition) is 5. The number of hydrogen-bond donors (Lipinski definition) is 1. The van der Waals surface area contributed by atoms with Gasteiger partial charge in [0.05, 0.1) is 17.8 Å². The van der Waals surface area contributed by atoms with Gasteiger partial charge in [0.15, 0.2) is 0 Å². The molecule has 9 heteroatoms. The van der Waals surface area contributed by atoms with Crippen LogP contribution in [0.15, 0.2) is 35.2 Å². The van der Waals surface area contributed by atoms with E-state index in [2.05, 4.69) is 9.62 Å². The summed E-state index contributed by atoms with van der Waals surface area (Å²) in [5, 5.41) is 0.365. The fourth-order valence-electron chi connectivity index (χ4n) is 2.93. The van der Waals surface area contributed by atoms with Gasteiger partial charge in [-0.25, -0.2) is 8.42 Å². The molecular weight excluding hydrogens is 411 g/mol. The van der Waals surface area contributed by atoms with E-state index < -0.39 is 10.0 Å². The summed E-state index contributed by atoms with van der Waals surface area (Å²) >= 11 is 12.0. The molecule has 0 spiro atoms. The van der Waals surface area contributed by atoms with Gasteiger partial charge in [0.1, 0.15) is 23.0 Å². The van der Waals surface area contributed by atoms with E-state index in [1.165, 1.54) is 18.2 Å². The molecule has 1 aliphatic heterocycles. The molecular formula is C18H20Cl2N2O4S. The van der Waals surface area contributed by atoms with E-state index >= 15 is 0 Å². The molecule has 0 bridgehead atoms. The van der Waals surface area contributed by atoms with Crippen LogP contribution in [-0.4, -0.2) is 47.2 Å². The molecule has 0 aromatic heterocycles. The second-order valence-electron chi connectivity index (χ2n) is 6.44. The molecule has 0 fully saturated rings. The van der Waals surface area contributed by atoms with E-state index in [-0.39, 0.29) is 21.0 Å². The molecule has 2 aromatic rings. The van der Waals surface area contributed by atoms with Crippen molar-refractivity contribution in [2.75, 3.05) is 32.5 Å². The number of likely N-dealkylation sites (N-methyl/N-ethyl adjacent to an activating group) is 1. The first-order valence-corrected chi connectivity index (χ1v) is 10.4. The van der Waals surface area contributed by atoms with Crippen molar-refractivity contribution < 1.29 is 17.9 Å². The van der Waals surface area contributed by atoms with Crippen molar-refractivity contribution in [3.05, 3.63) is 45.9 Å². The van der Waals surface area contributed by atoms with Gasteiger partial charge < -0.3 is 14.4 Å². The summed E-state index contributed by atoms with van der Waals surface area (Å²) in [7, 11) is 1.57. The van der Waals surface area contributed by atoms with Crippen LogP contribution in [0.2, 0.25) is 10.0 Å². The quantitative estimate of drug-likeness (QED) is 0.783. The molecule has 1 heterocycles. The number of methoxy groups -OCH3 is 1. The van der Waals surface area contributed by atoms with E-state index in [0.717, 1.165) is 5.56 Å². The van der Waals surface area contributed by atoms with Crippen molar-refractivity contribution in [1.29, 1.82) is 0 Å². The standard InChI is InChI=1S/C18H20Cl2N2O4S/c1-22(2)12-9-13-16(25-3)7-6-15(18(13)26-10-12)21-27(23,24)17-8-11(19)4-5-14(17)20/h4-8,12,21H,9-10H2,1-3H3/t12-/m1/s1. The van der Waals surface area contributed by atoms with Crippen LogP contribution in [0.3, 0.4) is 0 Å². The predicted octanol–water partition coefficient (Wildman–Crippen LogP) is 3.67. The highest BCUT2D eigenvalue weighted by Gasteiger charge is 2.29. The summed E-state index contributed by atoms with van der Waals surface area (Å²) in [4.78, 5) is 1.97. The van der Waals surface area contributed by atoms with Crippen LogP contribution < -0.4 is 14.2 Å². The van der Waals surface area contributed by atoms with Crippen molar-refractivity contribution in [2.24, 2.45) is 0 Å². The zero-order valence-electron chi connectivity index (χ0n) is 15.1. The number of benzene rings is 2. The van der Waals surface area contributed by atoms with Crippen molar-refractivity contribution in [1.82, 2.24) is 4.90 Å². The second kappa shape index (κ2) is 7.75. The summed E-state index contributed by atoms with van der Waals surface area (Å²) < 4.78 is 39.6. The largest absolute Gasteiger partial charge is 0.496 e. The molecule has 1 N–H and O–H groups in total. The van der Waals surface area contributed by atoms with Gasteiger partial charge in [-0.05, 0) is 50.8 Å². The Morgan fingerprint density at radius 2 is 1.96 bits per heavy atom. The van der Waals surface area contributed by atoms with Gasteiger partial charge in [0, 0.05) is 16.6 Å². The Bertz CT molecular complexity index is 964. The molecule has 0 amide bonds. The van der Waals surface area contributed by atoms with E-state index in [1.807, 2.05) is 14.1 Å². The number of nitrogens with one attached hydrogen (secondary N) is 1. The molecule has 6 nitrogen and oxygen atoms in total. The Morgan fingerprint density at radius 1 is 1.22 bits per heavy atom. The van der Waals surface area contributed by atoms with Crippen LogP contribution in [0.4, 0.5) is 5.69 Å². The number of anilines is 1. The third-order valence-electron chi connectivity index (χ3n) is 4.45. The van der Waals surface area contributed by atoms with Crippen LogP contribution in [0, 0.1) is 0 Å². The monoisotopic (exact) mass is 430 g/mol. The Balaban J connectivity index is 2.01. The summed E-state index contributed by atoms with van der Waals surface area (Å²) in [6, 6.07) is 7.79. The second-order valence-corrected chi connectivity index (χ2v) is 8.93. The first kappa shape index (κ1) is 20.1. The topological polar surface area (TPSA) is 67.9 Å². The Kier molecular flexibility index (Phi) is 5.76. The van der Waals surface area contributed by atoms with Crippen LogP contribution in [0.1, 0.15) is 5.56 Å². The third kappa shape index (κ3) is 4.11. The summed E-state index contributed by atoms with van der Waals surface area (Å²) in [6.45, 7) is 0.444.